The molecule has 0 aliphatic carbocycles. The van der Waals surface area contributed by atoms with Gasteiger partial charge in [-0.3, -0.25) is 9.89 Å². The van der Waals surface area contributed by atoms with E-state index < -0.39 is 0 Å². The van der Waals surface area contributed by atoms with E-state index in [0.717, 1.165) is 17.9 Å². The highest BCUT2D eigenvalue weighted by atomic mass is 32.2. The minimum Gasteiger partial charge on any atom is -0.326 e. The zero-order chi connectivity index (χ0) is 15.8. The van der Waals surface area contributed by atoms with Crippen molar-refractivity contribution in [2.45, 2.75) is 25.4 Å². The second-order valence-corrected chi connectivity index (χ2v) is 5.10. The van der Waals surface area contributed by atoms with Crippen LogP contribution in [-0.2, 0) is 4.79 Å². The van der Waals surface area contributed by atoms with Gasteiger partial charge in [0, 0.05) is 36.5 Å². The van der Waals surface area contributed by atoms with Gasteiger partial charge in [0.25, 0.3) is 0 Å². The summed E-state index contributed by atoms with van der Waals surface area (Å²) in [5.41, 5.74) is 1.70. The highest BCUT2D eigenvalue weighted by molar-refractivity contribution is 8.03. The van der Waals surface area contributed by atoms with Crippen molar-refractivity contribution >= 4 is 29.0 Å². The van der Waals surface area contributed by atoms with Gasteiger partial charge in [0.2, 0.25) is 5.91 Å². The van der Waals surface area contributed by atoms with Crippen molar-refractivity contribution in [3.05, 3.63) is 30.6 Å². The van der Waals surface area contributed by atoms with E-state index in [1.165, 1.54) is 18.1 Å². The van der Waals surface area contributed by atoms with Crippen LogP contribution in [0.5, 0.6) is 0 Å². The third-order valence-corrected chi connectivity index (χ3v) is 3.38. The summed E-state index contributed by atoms with van der Waals surface area (Å²) in [6.07, 6.45) is 1.90. The molecule has 114 valence electrons. The van der Waals surface area contributed by atoms with Crippen LogP contribution >= 0.6 is 11.8 Å². The second kappa shape index (κ2) is 8.10. The number of carbonyl (C=O) groups is 1. The second-order valence-electron chi connectivity index (χ2n) is 4.30. The molecule has 2 aromatic rings. The van der Waals surface area contributed by atoms with Gasteiger partial charge in [0.05, 0.1) is 5.69 Å². The smallest absolute Gasteiger partial charge is 0.224 e. The zero-order valence-corrected chi connectivity index (χ0v) is 13.3. The summed E-state index contributed by atoms with van der Waals surface area (Å²) in [4.78, 5) is 17.4. The summed E-state index contributed by atoms with van der Waals surface area (Å²) in [6.45, 7) is 4.57. The van der Waals surface area contributed by atoms with E-state index in [1.807, 2.05) is 43.0 Å². The zero-order valence-electron chi connectivity index (χ0n) is 12.5. The fraction of sp³-hybridized carbons (Fsp3) is 0.267. The number of nitrogens with one attached hydrogen (secondary N) is 2. The molecular weight excluding hydrogens is 298 g/mol. The Balaban J connectivity index is 2.08. The number of thioether (sulfide) groups is 1. The van der Waals surface area contributed by atoms with Crippen LogP contribution in [0.1, 0.15) is 20.3 Å². The van der Waals surface area contributed by atoms with Crippen LogP contribution < -0.4 is 10.2 Å². The van der Waals surface area contributed by atoms with Crippen LogP contribution in [-0.4, -0.2) is 27.6 Å². The van der Waals surface area contributed by atoms with Crippen molar-refractivity contribution in [1.82, 2.24) is 15.2 Å². The normalized spacial score (nSPS) is 9.73. The average molecular weight is 315 g/mol. The lowest BCUT2D eigenvalue weighted by atomic mass is 10.2. The molecule has 0 atom stereocenters. The van der Waals surface area contributed by atoms with Gasteiger partial charge in [-0.25, -0.2) is 4.98 Å². The quantitative estimate of drug-likeness (QED) is 0.504. The highest BCUT2D eigenvalue weighted by Crippen LogP contribution is 2.19. The number of carbonyl (C=O) groups excluding carboxylic acids is 1. The van der Waals surface area contributed by atoms with Gasteiger partial charge in [-0.15, -0.1) is 0 Å². The molecule has 0 saturated carbocycles. The first-order valence-electron chi connectivity index (χ1n) is 6.93. The summed E-state index contributed by atoms with van der Waals surface area (Å²) >= 11 is 1.28. The van der Waals surface area contributed by atoms with Gasteiger partial charge < -0.3 is 10.2 Å². The Morgan fingerprint density at radius 2 is 2.32 bits per heavy atom. The Morgan fingerprint density at radius 1 is 1.45 bits per heavy atom. The minimum atomic E-state index is -0.00726. The van der Waals surface area contributed by atoms with E-state index in [-0.39, 0.29) is 5.91 Å². The maximum Gasteiger partial charge on any atom is 0.224 e. The first-order valence-corrected chi connectivity index (χ1v) is 7.75. The van der Waals surface area contributed by atoms with Crippen molar-refractivity contribution in [2.24, 2.45) is 0 Å². The van der Waals surface area contributed by atoms with E-state index in [2.05, 4.69) is 31.8 Å². The monoisotopic (exact) mass is 315 g/mol. The number of nitrogens with zero attached hydrogens (tertiary/aromatic N) is 3. The average Bonchev–Trinajstić information content (AvgIpc) is 3.05. The van der Waals surface area contributed by atoms with Crippen molar-refractivity contribution in [2.75, 3.05) is 16.8 Å². The molecule has 0 saturated heterocycles. The Morgan fingerprint density at radius 3 is 3.00 bits per heavy atom. The van der Waals surface area contributed by atoms with E-state index >= 15 is 0 Å². The van der Waals surface area contributed by atoms with Gasteiger partial charge in [0.15, 0.2) is 5.16 Å². The van der Waals surface area contributed by atoms with Gasteiger partial charge in [-0.1, -0.05) is 13.0 Å². The number of amides is 1. The molecule has 1 aromatic carbocycles. The molecule has 0 unspecified atom stereocenters. The van der Waals surface area contributed by atoms with Crippen molar-refractivity contribution in [3.63, 3.8) is 0 Å². The molecule has 0 spiro atoms. The van der Waals surface area contributed by atoms with Gasteiger partial charge in [-0.05, 0) is 30.4 Å². The van der Waals surface area contributed by atoms with Gasteiger partial charge in [0.1, 0.15) is 6.33 Å². The van der Waals surface area contributed by atoms with E-state index in [0.29, 0.717) is 11.6 Å². The topological polar surface area (TPSA) is 73.9 Å². The summed E-state index contributed by atoms with van der Waals surface area (Å²) in [5.74, 6) is -0.00726. The lowest BCUT2D eigenvalue weighted by molar-refractivity contribution is -0.115. The summed E-state index contributed by atoms with van der Waals surface area (Å²) < 4.78 is 0. The van der Waals surface area contributed by atoms with E-state index in [4.69, 9.17) is 0 Å². The lowest BCUT2D eigenvalue weighted by Gasteiger charge is -2.16. The van der Waals surface area contributed by atoms with Crippen LogP contribution in [0.15, 0.2) is 35.7 Å². The van der Waals surface area contributed by atoms with Crippen LogP contribution in [0.2, 0.25) is 0 Å². The number of aromatic nitrogens is 3. The fourth-order valence-corrected chi connectivity index (χ4v) is 2.15. The molecule has 1 amide bonds. The number of benzene rings is 1. The number of H-pyrrole nitrogens is 1. The third kappa shape index (κ3) is 4.53. The number of hydrogen-bond acceptors (Lipinski definition) is 5. The first kappa shape index (κ1) is 15.9. The third-order valence-electron chi connectivity index (χ3n) is 2.80. The molecule has 7 heteroatoms. The Bertz CT molecular complexity index is 675. The Kier molecular flexibility index (Phi) is 5.86. The molecule has 2 rings (SSSR count). The van der Waals surface area contributed by atoms with E-state index in [9.17, 15) is 4.79 Å². The van der Waals surface area contributed by atoms with Crippen molar-refractivity contribution in [3.8, 4) is 11.3 Å². The predicted octanol–water partition coefficient (Wildman–Crippen LogP) is 2.69. The summed E-state index contributed by atoms with van der Waals surface area (Å²) in [7, 11) is 0. The number of rotatable bonds is 5. The predicted molar refractivity (Wildman–Crippen MR) is 88.4 cm³/mol. The maximum absolute atomic E-state index is 11.5. The molecule has 22 heavy (non-hydrogen) atoms. The number of aromatic amines is 1. The lowest BCUT2D eigenvalue weighted by Crippen LogP contribution is -2.16. The minimum absolute atomic E-state index is 0.00726. The molecule has 0 aliphatic heterocycles. The Labute approximate surface area is 133 Å². The molecule has 0 aliphatic rings. The van der Waals surface area contributed by atoms with Crippen molar-refractivity contribution < 1.29 is 4.79 Å². The van der Waals surface area contributed by atoms with Gasteiger partial charge in [-0.2, -0.15) is 5.10 Å². The molecule has 0 bridgehead atoms. The number of anilines is 2. The van der Waals surface area contributed by atoms with Crippen LogP contribution in [0.25, 0.3) is 0 Å². The largest absolute Gasteiger partial charge is 0.326 e. The molecule has 1 aromatic heterocycles. The summed E-state index contributed by atoms with van der Waals surface area (Å²) in [5, 5.41) is 13.0. The highest BCUT2D eigenvalue weighted by Gasteiger charge is 2.04. The van der Waals surface area contributed by atoms with Crippen LogP contribution in [0.4, 0.5) is 11.4 Å². The summed E-state index contributed by atoms with van der Waals surface area (Å²) in [6, 6.07) is 10.7. The van der Waals surface area contributed by atoms with Crippen molar-refractivity contribution in [1.29, 1.82) is 0 Å². The van der Waals surface area contributed by atoms with Gasteiger partial charge >= 0.3 is 0 Å². The molecule has 6 nitrogen and oxygen atoms in total. The standard InChI is InChI=1S/C15H17N5OS/c1-3-14(21)18-12-6-5-7-13(10-12)20(4-2)8-9-22-15-16-11-17-19-15/h5-7,10-11H,3-4H2,1-2H3,(H,18,21)(H,16,17,19). The first-order chi connectivity index (χ1) is 10.7. The molecule has 0 radical (unpaired) electrons. The molecule has 0 fully saturated rings. The van der Waals surface area contributed by atoms with Crippen LogP contribution in [0, 0.1) is 11.3 Å². The fourth-order valence-electron chi connectivity index (χ4n) is 1.70. The Hall–Kier alpha value is -2.46. The SMILES string of the molecule is CCC(=O)Nc1cccc(N(C#CSc2ncn[nH]2)CC)c1. The maximum atomic E-state index is 11.5. The number of hydrogen-bond donors (Lipinski definition) is 2. The molecule has 2 N–H and O–H groups in total. The van der Waals surface area contributed by atoms with Crippen LogP contribution in [0.3, 0.4) is 0 Å². The molecule has 1 heterocycles. The molecular formula is C15H17N5OS. The van der Waals surface area contributed by atoms with E-state index in [1.54, 1.807) is 0 Å².